The number of allylic oxidation sites excluding steroid dienone is 1. The van der Waals surface area contributed by atoms with E-state index >= 15 is 0 Å². The van der Waals surface area contributed by atoms with Gasteiger partial charge < -0.3 is 0 Å². The number of benzene rings is 1. The molecular formula is C15H22. The average molecular weight is 202 g/mol. The Bertz CT molecular complexity index is 364. The number of rotatable bonds is 2. The first kappa shape index (κ1) is 12.0. The molecule has 0 heterocycles. The number of hydrogen-bond donors (Lipinski definition) is 0. The van der Waals surface area contributed by atoms with Gasteiger partial charge in [0.15, 0.2) is 0 Å². The van der Waals surface area contributed by atoms with Gasteiger partial charge in [-0.25, -0.2) is 0 Å². The minimum absolute atomic E-state index is 0.234. The van der Waals surface area contributed by atoms with Crippen molar-refractivity contribution >= 4 is 0 Å². The first-order chi connectivity index (χ1) is 6.80. The monoisotopic (exact) mass is 202 g/mol. The lowest BCUT2D eigenvalue weighted by Gasteiger charge is -2.21. The molecule has 0 N–H and O–H groups in total. The second kappa shape index (κ2) is 4.22. The largest absolute Gasteiger partial charge is 0.0998 e. The van der Waals surface area contributed by atoms with Gasteiger partial charge in [-0.3, -0.25) is 0 Å². The Morgan fingerprint density at radius 2 is 1.87 bits per heavy atom. The normalized spacial score (nSPS) is 11.5. The van der Waals surface area contributed by atoms with Gasteiger partial charge in [-0.15, -0.1) is 0 Å². The van der Waals surface area contributed by atoms with E-state index in [0.29, 0.717) is 0 Å². The third-order valence-electron chi connectivity index (χ3n) is 2.71. The fraction of sp³-hybridized carbons (Fsp3) is 0.467. The summed E-state index contributed by atoms with van der Waals surface area (Å²) in [5.41, 5.74) is 5.65. The predicted molar refractivity (Wildman–Crippen MR) is 68.4 cm³/mol. The Hall–Kier alpha value is -1.04. The zero-order valence-corrected chi connectivity index (χ0v) is 10.6. The Morgan fingerprint density at radius 1 is 1.27 bits per heavy atom. The van der Waals surface area contributed by atoms with Crippen LogP contribution in [0.4, 0.5) is 0 Å². The van der Waals surface area contributed by atoms with E-state index in [-0.39, 0.29) is 5.41 Å². The fourth-order valence-electron chi connectivity index (χ4n) is 1.65. The highest BCUT2D eigenvalue weighted by Gasteiger charge is 2.14. The molecule has 0 nitrogen and oxygen atoms in total. The molecule has 15 heavy (non-hydrogen) atoms. The lowest BCUT2D eigenvalue weighted by molar-refractivity contribution is 0.589. The van der Waals surface area contributed by atoms with Gasteiger partial charge in [-0.1, -0.05) is 51.1 Å². The topological polar surface area (TPSA) is 0 Å². The summed E-state index contributed by atoms with van der Waals surface area (Å²) in [5, 5.41) is 0. The van der Waals surface area contributed by atoms with Crippen LogP contribution in [-0.4, -0.2) is 0 Å². The van der Waals surface area contributed by atoms with Gasteiger partial charge in [0.1, 0.15) is 0 Å². The summed E-state index contributed by atoms with van der Waals surface area (Å²) in [6.07, 6.45) is 0.996. The second-order valence-corrected chi connectivity index (χ2v) is 5.53. The van der Waals surface area contributed by atoms with E-state index in [1.54, 1.807) is 0 Å². The van der Waals surface area contributed by atoms with Crippen LogP contribution in [0.2, 0.25) is 0 Å². The molecule has 0 aliphatic rings. The molecule has 0 heteroatoms. The molecule has 0 saturated heterocycles. The van der Waals surface area contributed by atoms with Gasteiger partial charge in [0.25, 0.3) is 0 Å². The van der Waals surface area contributed by atoms with E-state index in [9.17, 15) is 0 Å². The Morgan fingerprint density at radius 3 is 2.33 bits per heavy atom. The predicted octanol–water partition coefficient (Wildman–Crippen LogP) is 4.41. The molecule has 1 aromatic rings. The molecule has 0 atom stereocenters. The maximum Gasteiger partial charge on any atom is -0.00698 e. The van der Waals surface area contributed by atoms with E-state index in [0.717, 1.165) is 6.42 Å². The summed E-state index contributed by atoms with van der Waals surface area (Å²) < 4.78 is 0. The van der Waals surface area contributed by atoms with Crippen molar-refractivity contribution in [2.75, 3.05) is 0 Å². The molecule has 0 aliphatic heterocycles. The van der Waals surface area contributed by atoms with Crippen LogP contribution in [0.1, 0.15) is 44.4 Å². The van der Waals surface area contributed by atoms with Gasteiger partial charge in [-0.2, -0.15) is 0 Å². The third kappa shape index (κ3) is 3.23. The summed E-state index contributed by atoms with van der Waals surface area (Å²) in [6, 6.07) is 6.78. The van der Waals surface area contributed by atoms with Crippen LogP contribution in [0.3, 0.4) is 0 Å². The fourth-order valence-corrected chi connectivity index (χ4v) is 1.65. The van der Waals surface area contributed by atoms with Crippen LogP contribution in [0.15, 0.2) is 30.4 Å². The molecule has 0 bridgehead atoms. The van der Waals surface area contributed by atoms with Crippen LogP contribution in [-0.2, 0) is 11.8 Å². The highest BCUT2D eigenvalue weighted by atomic mass is 14.2. The molecule has 82 valence electrons. The van der Waals surface area contributed by atoms with E-state index in [1.165, 1.54) is 22.3 Å². The Balaban J connectivity index is 3.11. The molecule has 1 aromatic carbocycles. The van der Waals surface area contributed by atoms with E-state index in [2.05, 4.69) is 59.4 Å². The molecule has 0 aliphatic carbocycles. The zero-order valence-electron chi connectivity index (χ0n) is 10.6. The molecule has 0 amide bonds. The van der Waals surface area contributed by atoms with Gasteiger partial charge in [0.05, 0.1) is 0 Å². The molecule has 0 fully saturated rings. The highest BCUT2D eigenvalue weighted by molar-refractivity contribution is 5.36. The van der Waals surface area contributed by atoms with Crippen molar-refractivity contribution in [1.82, 2.24) is 0 Å². The van der Waals surface area contributed by atoms with E-state index < -0.39 is 0 Å². The van der Waals surface area contributed by atoms with Gasteiger partial charge >= 0.3 is 0 Å². The van der Waals surface area contributed by atoms with Crippen LogP contribution >= 0.6 is 0 Å². The van der Waals surface area contributed by atoms with Crippen molar-refractivity contribution in [2.45, 2.75) is 46.5 Å². The molecular weight excluding hydrogens is 180 g/mol. The molecule has 0 spiro atoms. The highest BCUT2D eigenvalue weighted by Crippen LogP contribution is 2.25. The van der Waals surface area contributed by atoms with Crippen molar-refractivity contribution in [2.24, 2.45) is 0 Å². The summed E-state index contributed by atoms with van der Waals surface area (Å²) in [4.78, 5) is 0. The van der Waals surface area contributed by atoms with Crippen LogP contribution < -0.4 is 0 Å². The van der Waals surface area contributed by atoms with Crippen LogP contribution in [0, 0.1) is 6.92 Å². The molecule has 0 aromatic heterocycles. The number of hydrogen-bond acceptors (Lipinski definition) is 0. The third-order valence-corrected chi connectivity index (χ3v) is 2.71. The molecule has 0 radical (unpaired) electrons. The smallest absolute Gasteiger partial charge is 0.00698 e. The standard InChI is InChI=1S/C15H22/c1-11(2)9-13-10-14(15(4,5)6)8-7-12(13)3/h7-8,10H,1,9H2,2-6H3. The molecule has 0 unspecified atom stereocenters. The summed E-state index contributed by atoms with van der Waals surface area (Å²) in [5.74, 6) is 0. The summed E-state index contributed by atoms with van der Waals surface area (Å²) >= 11 is 0. The van der Waals surface area contributed by atoms with E-state index in [1.807, 2.05) is 0 Å². The quantitative estimate of drug-likeness (QED) is 0.623. The van der Waals surface area contributed by atoms with Crippen LogP contribution in [0.5, 0.6) is 0 Å². The lowest BCUT2D eigenvalue weighted by atomic mass is 9.84. The second-order valence-electron chi connectivity index (χ2n) is 5.53. The SMILES string of the molecule is C=C(C)Cc1cc(C(C)(C)C)ccc1C. The summed E-state index contributed by atoms with van der Waals surface area (Å²) in [6.45, 7) is 15.0. The van der Waals surface area contributed by atoms with Crippen molar-refractivity contribution in [3.05, 3.63) is 47.0 Å². The van der Waals surface area contributed by atoms with Crippen molar-refractivity contribution in [3.8, 4) is 0 Å². The molecule has 0 saturated carbocycles. The molecule has 1 rings (SSSR count). The first-order valence-corrected chi connectivity index (χ1v) is 5.55. The number of aryl methyl sites for hydroxylation is 1. The van der Waals surface area contributed by atoms with Gasteiger partial charge in [0, 0.05) is 0 Å². The first-order valence-electron chi connectivity index (χ1n) is 5.55. The van der Waals surface area contributed by atoms with Gasteiger partial charge in [0.2, 0.25) is 0 Å². The Kier molecular flexibility index (Phi) is 3.38. The minimum atomic E-state index is 0.234. The average Bonchev–Trinajstić information content (AvgIpc) is 2.06. The summed E-state index contributed by atoms with van der Waals surface area (Å²) in [7, 11) is 0. The van der Waals surface area contributed by atoms with E-state index in [4.69, 9.17) is 0 Å². The lowest BCUT2D eigenvalue weighted by Crippen LogP contribution is -2.11. The zero-order chi connectivity index (χ0) is 11.6. The Labute approximate surface area is 94.0 Å². The van der Waals surface area contributed by atoms with Crippen molar-refractivity contribution in [1.29, 1.82) is 0 Å². The maximum atomic E-state index is 3.98. The van der Waals surface area contributed by atoms with Gasteiger partial charge in [-0.05, 0) is 42.4 Å². The van der Waals surface area contributed by atoms with Crippen LogP contribution in [0.25, 0.3) is 0 Å². The van der Waals surface area contributed by atoms with Crippen molar-refractivity contribution < 1.29 is 0 Å². The van der Waals surface area contributed by atoms with Crippen molar-refractivity contribution in [3.63, 3.8) is 0 Å². The maximum absolute atomic E-state index is 3.98. The minimum Gasteiger partial charge on any atom is -0.0998 e.